The normalized spacial score (nSPS) is 11.2. The lowest BCUT2D eigenvalue weighted by Crippen LogP contribution is -1.66. The molecule has 0 aromatic carbocycles. The lowest BCUT2D eigenvalue weighted by molar-refractivity contribution is 0.565. The lowest BCUT2D eigenvalue weighted by atomic mass is 10.4. The molecule has 0 spiro atoms. The topological polar surface area (TPSA) is 26.0 Å². The summed E-state index contributed by atoms with van der Waals surface area (Å²) in [5, 5.41) is 0. The van der Waals surface area contributed by atoms with Gasteiger partial charge in [-0.3, -0.25) is 0 Å². The lowest BCUT2D eigenvalue weighted by Gasteiger charge is -1.78. The quantitative estimate of drug-likeness (QED) is 0.692. The van der Waals surface area contributed by atoms with E-state index in [2.05, 4.69) is 41.4 Å². The van der Waals surface area contributed by atoms with E-state index in [1.54, 1.807) is 11.3 Å². The third-order valence-corrected chi connectivity index (χ3v) is 3.01. The largest absolute Gasteiger partial charge is 0.431 e. The molecule has 0 aliphatic carbocycles. The molecule has 0 bridgehead atoms. The Morgan fingerprint density at radius 3 is 2.73 bits per heavy atom. The minimum atomic E-state index is 0.728. The van der Waals surface area contributed by atoms with Gasteiger partial charge in [0, 0.05) is 32.3 Å². The second-order valence-corrected chi connectivity index (χ2v) is 4.71. The van der Waals surface area contributed by atoms with Crippen LogP contribution < -0.4 is 0 Å². The Balaban J connectivity index is 2.92. The van der Waals surface area contributed by atoms with E-state index < -0.39 is 0 Å². The van der Waals surface area contributed by atoms with E-state index in [1.165, 1.54) is 9.75 Å². The van der Waals surface area contributed by atoms with E-state index in [4.69, 9.17) is 4.42 Å². The summed E-state index contributed by atoms with van der Waals surface area (Å²) in [6.45, 7) is 4.12. The first kappa shape index (κ1) is 7.54. The Morgan fingerprint density at radius 2 is 2.09 bits per heavy atom. The Hall–Kier alpha value is -0.100. The summed E-state index contributed by atoms with van der Waals surface area (Å²) < 4.78 is 6.13. The van der Waals surface area contributed by atoms with Crippen LogP contribution in [0.4, 0.5) is 0 Å². The van der Waals surface area contributed by atoms with Crippen LogP contribution in [0.25, 0.3) is 11.1 Å². The Labute approximate surface area is 81.8 Å². The van der Waals surface area contributed by atoms with Gasteiger partial charge >= 0.3 is 0 Å². The predicted molar refractivity (Wildman–Crippen MR) is 54.1 cm³/mol. The molecule has 2 aromatic heterocycles. The van der Waals surface area contributed by atoms with Gasteiger partial charge in [0.15, 0.2) is 5.58 Å². The number of aryl methyl sites for hydroxylation is 2. The van der Waals surface area contributed by atoms with Crippen molar-refractivity contribution in [2.75, 3.05) is 0 Å². The summed E-state index contributed by atoms with van der Waals surface area (Å²) in [6.07, 6.45) is 0. The molecule has 58 valence electrons. The maximum atomic E-state index is 5.41. The maximum Gasteiger partial charge on any atom is 0.258 e. The smallest absolute Gasteiger partial charge is 0.258 e. The number of rotatable bonds is 0. The van der Waals surface area contributed by atoms with Gasteiger partial charge < -0.3 is 4.42 Å². The molecule has 0 aliphatic heterocycles. The molecule has 0 saturated carbocycles. The fourth-order valence-electron chi connectivity index (χ4n) is 1.10. The van der Waals surface area contributed by atoms with Gasteiger partial charge in [-0.15, -0.1) is 11.3 Å². The third kappa shape index (κ3) is 1.08. The van der Waals surface area contributed by atoms with Crippen LogP contribution in [0.5, 0.6) is 0 Å². The van der Waals surface area contributed by atoms with Gasteiger partial charge in [-0.05, 0) is 13.8 Å². The van der Waals surface area contributed by atoms with Crippen molar-refractivity contribution in [2.24, 2.45) is 0 Å². The second-order valence-electron chi connectivity index (χ2n) is 2.36. The van der Waals surface area contributed by atoms with E-state index in [9.17, 15) is 0 Å². The summed E-state index contributed by atoms with van der Waals surface area (Å²) in [5.41, 5.74) is 1.98. The number of halogens is 1. The minimum Gasteiger partial charge on any atom is -0.431 e. The number of aromatic nitrogens is 1. The molecule has 0 fully saturated rings. The van der Waals surface area contributed by atoms with Crippen LogP contribution in [-0.4, -0.2) is 4.98 Å². The van der Waals surface area contributed by atoms with E-state index >= 15 is 0 Å². The molecule has 4 heteroatoms. The number of nitrogens with zero attached hydrogens (tertiary/aromatic N) is 1. The molecule has 2 heterocycles. The van der Waals surface area contributed by atoms with E-state index in [0.29, 0.717) is 0 Å². The zero-order valence-corrected chi connectivity index (χ0v) is 9.12. The molecule has 2 rings (SSSR count). The molecule has 0 radical (unpaired) electrons. The first-order chi connectivity index (χ1) is 5.18. The van der Waals surface area contributed by atoms with Crippen LogP contribution in [-0.2, 0) is 0 Å². The number of hydrogen-bond donors (Lipinski definition) is 0. The molecular weight excluding hydrogens is 273 g/mol. The van der Waals surface area contributed by atoms with Crippen LogP contribution in [0.3, 0.4) is 0 Å². The number of fused-ring (bicyclic) bond motifs is 1. The molecule has 0 unspecified atom stereocenters. The first-order valence-electron chi connectivity index (χ1n) is 3.20. The average Bonchev–Trinajstić information content (AvgIpc) is 2.38. The van der Waals surface area contributed by atoms with E-state index in [-0.39, 0.29) is 0 Å². The van der Waals surface area contributed by atoms with E-state index in [1.807, 2.05) is 0 Å². The van der Waals surface area contributed by atoms with Gasteiger partial charge in [0.05, 0.1) is 0 Å². The Kier molecular flexibility index (Phi) is 1.68. The Bertz CT molecular complexity index is 369. The minimum absolute atomic E-state index is 0.728. The van der Waals surface area contributed by atoms with Gasteiger partial charge in [0.2, 0.25) is 0 Å². The second kappa shape index (κ2) is 2.45. The molecule has 2 aromatic rings. The molecular formula is C7H6INOS. The van der Waals surface area contributed by atoms with Gasteiger partial charge in [-0.25, -0.2) is 4.98 Å². The zero-order chi connectivity index (χ0) is 8.01. The fourth-order valence-corrected chi connectivity index (χ4v) is 2.48. The maximum absolute atomic E-state index is 5.41. The van der Waals surface area contributed by atoms with Crippen molar-refractivity contribution in [3.05, 3.63) is 13.7 Å². The number of hydrogen-bond acceptors (Lipinski definition) is 3. The molecule has 0 amide bonds. The molecule has 2 nitrogen and oxygen atoms in total. The van der Waals surface area contributed by atoms with Crippen LogP contribution >= 0.6 is 33.9 Å². The van der Waals surface area contributed by atoms with Crippen molar-refractivity contribution in [3.63, 3.8) is 0 Å². The van der Waals surface area contributed by atoms with Crippen LogP contribution in [0, 0.1) is 17.7 Å². The highest BCUT2D eigenvalue weighted by Gasteiger charge is 2.11. The van der Waals surface area contributed by atoms with Gasteiger partial charge in [0.1, 0.15) is 5.52 Å². The average molecular weight is 279 g/mol. The van der Waals surface area contributed by atoms with Crippen LogP contribution in [0.1, 0.15) is 9.75 Å². The van der Waals surface area contributed by atoms with Crippen molar-refractivity contribution < 1.29 is 4.42 Å². The summed E-state index contributed by atoms with van der Waals surface area (Å²) >= 11 is 3.83. The highest BCUT2D eigenvalue weighted by Crippen LogP contribution is 2.30. The highest BCUT2D eigenvalue weighted by atomic mass is 127. The number of oxazole rings is 1. The standard InChI is InChI=1S/C7H6INOS/c1-3-5-6(4(2)11-3)10-7(8)9-5/h1-2H3. The highest BCUT2D eigenvalue weighted by molar-refractivity contribution is 14.1. The summed E-state index contributed by atoms with van der Waals surface area (Å²) in [6, 6.07) is 0. The molecule has 0 N–H and O–H groups in total. The van der Waals surface area contributed by atoms with Gasteiger partial charge in [-0.2, -0.15) is 0 Å². The van der Waals surface area contributed by atoms with Crippen LogP contribution in [0.2, 0.25) is 0 Å². The molecule has 0 atom stereocenters. The molecule has 0 saturated heterocycles. The molecule has 0 aliphatic rings. The zero-order valence-electron chi connectivity index (χ0n) is 6.14. The first-order valence-corrected chi connectivity index (χ1v) is 5.10. The third-order valence-electron chi connectivity index (χ3n) is 1.56. The fraction of sp³-hybridized carbons (Fsp3) is 0.286. The SMILES string of the molecule is Cc1sc(C)c2oc(I)nc12. The van der Waals surface area contributed by atoms with Crippen molar-refractivity contribution >= 4 is 45.0 Å². The van der Waals surface area contributed by atoms with Gasteiger partial charge in [0.25, 0.3) is 3.90 Å². The summed E-state index contributed by atoms with van der Waals surface area (Å²) in [4.78, 5) is 6.72. The Morgan fingerprint density at radius 1 is 1.36 bits per heavy atom. The van der Waals surface area contributed by atoms with Crippen molar-refractivity contribution in [1.82, 2.24) is 4.98 Å². The summed E-state index contributed by atoms with van der Waals surface area (Å²) in [7, 11) is 0. The predicted octanol–water partition coefficient (Wildman–Crippen LogP) is 3.11. The van der Waals surface area contributed by atoms with Crippen molar-refractivity contribution in [1.29, 1.82) is 0 Å². The van der Waals surface area contributed by atoms with Gasteiger partial charge in [-0.1, -0.05) is 0 Å². The van der Waals surface area contributed by atoms with Crippen molar-refractivity contribution in [2.45, 2.75) is 13.8 Å². The number of thiophene rings is 1. The monoisotopic (exact) mass is 279 g/mol. The van der Waals surface area contributed by atoms with Crippen molar-refractivity contribution in [3.8, 4) is 0 Å². The van der Waals surface area contributed by atoms with Crippen LogP contribution in [0.15, 0.2) is 4.42 Å². The molecule has 11 heavy (non-hydrogen) atoms. The summed E-state index contributed by atoms with van der Waals surface area (Å²) in [5.74, 6) is 0. The van der Waals surface area contributed by atoms with E-state index in [0.717, 1.165) is 15.0 Å².